The lowest BCUT2D eigenvalue weighted by Crippen LogP contribution is -2.34. The molecule has 47 heavy (non-hydrogen) atoms. The summed E-state index contributed by atoms with van der Waals surface area (Å²) in [6.45, 7) is 4.22. The summed E-state index contributed by atoms with van der Waals surface area (Å²) in [6, 6.07) is 24.0. The minimum absolute atomic E-state index is 0.165. The number of methoxy groups -OCH3 is 3. The molecular weight excluding hydrogens is 636 g/mol. The van der Waals surface area contributed by atoms with E-state index < -0.39 is 5.91 Å². The van der Waals surface area contributed by atoms with Gasteiger partial charge in [0.25, 0.3) is 11.5 Å². The third-order valence-electron chi connectivity index (χ3n) is 7.70. The molecule has 0 atom stereocenters. The largest absolute Gasteiger partial charge is 0.497 e. The van der Waals surface area contributed by atoms with Crippen LogP contribution in [0.25, 0.3) is 23.0 Å². The van der Waals surface area contributed by atoms with Crippen LogP contribution in [0, 0.1) is 25.2 Å². The lowest BCUT2D eigenvalue weighted by atomic mass is 10.1. The molecule has 0 aliphatic heterocycles. The number of nitrogens with zero attached hydrogens (tertiary/aromatic N) is 3. The predicted molar refractivity (Wildman–Crippen MR) is 185 cm³/mol. The first-order chi connectivity index (χ1) is 22.7. The molecule has 1 N–H and O–H groups in total. The molecule has 11 heteroatoms. The van der Waals surface area contributed by atoms with E-state index in [0.717, 1.165) is 39.5 Å². The standard InChI is InChI=1S/C36H33ClN4O5S/c1-22-18-25(23(2)40(22)27-9-7-26(37)8-10-27)20-33-35(43)41(28-11-13-29(44-3)14-12-28)36(47-33)30(21-38)34(42)39-17-16-24-6-15-31(45-4)32(19-24)46-5/h6-15,18-20H,16-17H2,1-5H3,(H,39,42)/b33-20-,36-30-. The molecule has 0 bridgehead atoms. The number of aromatic nitrogens is 2. The number of carbonyl (C=O) groups excluding carboxylic acids is 1. The Morgan fingerprint density at radius 3 is 2.21 bits per heavy atom. The maximum absolute atomic E-state index is 14.0. The van der Waals surface area contributed by atoms with Crippen LogP contribution >= 0.6 is 22.9 Å². The summed E-state index contributed by atoms with van der Waals surface area (Å²) >= 11 is 7.20. The number of amides is 1. The van der Waals surface area contributed by atoms with Crippen LogP contribution in [0.2, 0.25) is 5.02 Å². The number of halogens is 1. The molecule has 2 heterocycles. The minimum Gasteiger partial charge on any atom is -0.497 e. The highest BCUT2D eigenvalue weighted by Gasteiger charge is 2.18. The van der Waals surface area contributed by atoms with Crippen LogP contribution in [0.5, 0.6) is 17.2 Å². The second-order valence-corrected chi connectivity index (χ2v) is 12.0. The van der Waals surface area contributed by atoms with Crippen molar-refractivity contribution in [2.45, 2.75) is 20.3 Å². The number of benzene rings is 3. The predicted octanol–water partition coefficient (Wildman–Crippen LogP) is 4.85. The number of carbonyl (C=O) groups is 1. The van der Waals surface area contributed by atoms with Crippen LogP contribution in [0.1, 0.15) is 22.5 Å². The number of ether oxygens (including phenoxy) is 3. The quantitative estimate of drug-likeness (QED) is 0.228. The maximum atomic E-state index is 14.0. The van der Waals surface area contributed by atoms with Crippen LogP contribution in [-0.2, 0) is 11.2 Å². The van der Waals surface area contributed by atoms with E-state index in [1.165, 1.54) is 4.57 Å². The van der Waals surface area contributed by atoms with Crippen molar-refractivity contribution in [1.82, 2.24) is 14.5 Å². The van der Waals surface area contributed by atoms with Gasteiger partial charge in [0.15, 0.2) is 17.1 Å². The zero-order valence-electron chi connectivity index (χ0n) is 26.6. The molecule has 0 unspecified atom stereocenters. The number of rotatable bonds is 10. The molecule has 0 radical (unpaired) electrons. The molecule has 5 aromatic rings. The van der Waals surface area contributed by atoms with Gasteiger partial charge in [0.05, 0.1) is 31.5 Å². The van der Waals surface area contributed by atoms with Gasteiger partial charge >= 0.3 is 0 Å². The lowest BCUT2D eigenvalue weighted by molar-refractivity contribution is -0.115. The fraction of sp³-hybridized carbons (Fsp3) is 0.194. The second kappa shape index (κ2) is 14.5. The Morgan fingerprint density at radius 1 is 0.915 bits per heavy atom. The summed E-state index contributed by atoms with van der Waals surface area (Å²) in [5.74, 6) is 1.22. The fourth-order valence-corrected chi connectivity index (χ4v) is 6.54. The summed E-state index contributed by atoms with van der Waals surface area (Å²) in [4.78, 5) is 27.5. The molecule has 0 spiro atoms. The van der Waals surface area contributed by atoms with Gasteiger partial charge in [-0.1, -0.05) is 17.7 Å². The highest BCUT2D eigenvalue weighted by Crippen LogP contribution is 2.27. The van der Waals surface area contributed by atoms with E-state index in [9.17, 15) is 14.9 Å². The zero-order chi connectivity index (χ0) is 33.7. The van der Waals surface area contributed by atoms with Gasteiger partial charge in [-0.2, -0.15) is 5.26 Å². The number of nitrogens with one attached hydrogen (secondary N) is 1. The summed E-state index contributed by atoms with van der Waals surface area (Å²) in [6.07, 6.45) is 2.29. The maximum Gasteiger partial charge on any atom is 0.273 e. The monoisotopic (exact) mass is 668 g/mol. The molecule has 240 valence electrons. The van der Waals surface area contributed by atoms with Gasteiger partial charge in [0, 0.05) is 28.6 Å². The number of aryl methyl sites for hydroxylation is 1. The highest BCUT2D eigenvalue weighted by molar-refractivity contribution is 7.07. The fourth-order valence-electron chi connectivity index (χ4n) is 5.32. The van der Waals surface area contributed by atoms with E-state index in [0.29, 0.717) is 38.9 Å². The number of thiazole rings is 1. The van der Waals surface area contributed by atoms with Gasteiger partial charge in [-0.15, -0.1) is 11.3 Å². The van der Waals surface area contributed by atoms with Crippen molar-refractivity contribution in [3.05, 3.63) is 120 Å². The van der Waals surface area contributed by atoms with Gasteiger partial charge in [0.1, 0.15) is 16.5 Å². The number of hydrogen-bond acceptors (Lipinski definition) is 7. The van der Waals surface area contributed by atoms with Crippen LogP contribution in [-0.4, -0.2) is 42.9 Å². The first-order valence-electron chi connectivity index (χ1n) is 14.7. The van der Waals surface area contributed by atoms with Crippen LogP contribution in [0.15, 0.2) is 77.6 Å². The number of nitriles is 1. The van der Waals surface area contributed by atoms with Crippen LogP contribution in [0.3, 0.4) is 0 Å². The van der Waals surface area contributed by atoms with E-state index in [-0.39, 0.29) is 22.3 Å². The molecule has 2 aromatic heterocycles. The summed E-state index contributed by atoms with van der Waals surface area (Å²) in [5, 5.41) is 13.7. The molecule has 0 saturated carbocycles. The summed E-state index contributed by atoms with van der Waals surface area (Å²) in [5.41, 5.74) is 4.58. The van der Waals surface area contributed by atoms with Gasteiger partial charge in [-0.3, -0.25) is 14.2 Å². The van der Waals surface area contributed by atoms with Crippen molar-refractivity contribution in [2.75, 3.05) is 27.9 Å². The van der Waals surface area contributed by atoms with Gasteiger partial charge in [-0.05, 0) is 104 Å². The van der Waals surface area contributed by atoms with Crippen molar-refractivity contribution in [2.24, 2.45) is 0 Å². The smallest absolute Gasteiger partial charge is 0.273 e. The van der Waals surface area contributed by atoms with Crippen molar-refractivity contribution in [1.29, 1.82) is 5.26 Å². The lowest BCUT2D eigenvalue weighted by Gasteiger charge is -2.10. The number of hydrogen-bond donors (Lipinski definition) is 1. The molecule has 0 saturated heterocycles. The minimum atomic E-state index is -0.580. The van der Waals surface area contributed by atoms with Crippen molar-refractivity contribution >= 4 is 40.5 Å². The topological polar surface area (TPSA) is 108 Å². The van der Waals surface area contributed by atoms with Crippen LogP contribution < -0.4 is 34.3 Å². The molecule has 0 fully saturated rings. The Balaban J connectivity index is 1.57. The Bertz CT molecular complexity index is 2160. The Labute approximate surface area is 281 Å². The van der Waals surface area contributed by atoms with Gasteiger partial charge < -0.3 is 24.1 Å². The molecule has 9 nitrogen and oxygen atoms in total. The van der Waals surface area contributed by atoms with E-state index >= 15 is 0 Å². The van der Waals surface area contributed by atoms with Crippen molar-refractivity contribution in [3.63, 3.8) is 0 Å². The second-order valence-electron chi connectivity index (χ2n) is 10.6. The SMILES string of the molecule is COc1ccc(-n2c(=O)/c(=C/c3cc(C)n(-c4ccc(Cl)cc4)c3C)s/c2=C(/C#N)C(=O)NCCc2ccc(OC)c(OC)c2)cc1. The van der Waals surface area contributed by atoms with Gasteiger partial charge in [0.2, 0.25) is 0 Å². The average Bonchev–Trinajstić information content (AvgIpc) is 3.55. The Morgan fingerprint density at radius 2 is 1.57 bits per heavy atom. The van der Waals surface area contributed by atoms with Crippen molar-refractivity contribution < 1.29 is 19.0 Å². The van der Waals surface area contributed by atoms with E-state index in [4.69, 9.17) is 25.8 Å². The average molecular weight is 669 g/mol. The third kappa shape index (κ3) is 6.97. The molecular formula is C36H33ClN4O5S. The molecule has 0 aliphatic carbocycles. The summed E-state index contributed by atoms with van der Waals surface area (Å²) in [7, 11) is 4.68. The van der Waals surface area contributed by atoms with Crippen LogP contribution in [0.4, 0.5) is 0 Å². The first-order valence-corrected chi connectivity index (χ1v) is 15.8. The van der Waals surface area contributed by atoms with E-state index in [1.54, 1.807) is 57.7 Å². The summed E-state index contributed by atoms with van der Waals surface area (Å²) < 4.78 is 20.1. The molecule has 1 amide bonds. The molecule has 3 aromatic carbocycles. The Kier molecular flexibility index (Phi) is 10.2. The normalized spacial score (nSPS) is 12.0. The van der Waals surface area contributed by atoms with E-state index in [1.807, 2.05) is 56.3 Å². The Hall–Kier alpha value is -5.24. The van der Waals surface area contributed by atoms with Crippen molar-refractivity contribution in [3.8, 4) is 34.7 Å². The highest BCUT2D eigenvalue weighted by atomic mass is 35.5. The zero-order valence-corrected chi connectivity index (χ0v) is 28.2. The first kappa shape index (κ1) is 33.1. The third-order valence-corrected chi connectivity index (χ3v) is 9.04. The van der Waals surface area contributed by atoms with E-state index in [2.05, 4.69) is 16.0 Å². The van der Waals surface area contributed by atoms with Gasteiger partial charge in [-0.25, -0.2) is 0 Å². The molecule has 0 aliphatic rings. The molecule has 5 rings (SSSR count).